The molecule has 0 spiro atoms. The lowest BCUT2D eigenvalue weighted by Crippen LogP contribution is -2.26. The summed E-state index contributed by atoms with van der Waals surface area (Å²) in [5.74, 6) is 0.231. The van der Waals surface area contributed by atoms with Gasteiger partial charge in [0.05, 0.1) is 0 Å². The van der Waals surface area contributed by atoms with E-state index in [1.165, 1.54) is 16.7 Å². The second-order valence-corrected chi connectivity index (χ2v) is 9.61. The minimum atomic E-state index is -0.702. The van der Waals surface area contributed by atoms with E-state index in [0.717, 1.165) is 33.5 Å². The molecular formula is C35H31NO3. The zero-order valence-corrected chi connectivity index (χ0v) is 22.1. The quantitative estimate of drug-likeness (QED) is 0.168. The first-order valence-electron chi connectivity index (χ1n) is 13.0. The molecule has 0 aliphatic heterocycles. The number of nitrogen functional groups attached to an aromatic ring is 1. The predicted octanol–water partition coefficient (Wildman–Crippen LogP) is 8.09. The van der Waals surface area contributed by atoms with Gasteiger partial charge in [0.15, 0.2) is 6.10 Å². The van der Waals surface area contributed by atoms with Crippen molar-refractivity contribution < 1.29 is 14.3 Å². The zero-order chi connectivity index (χ0) is 27.2. The molecule has 0 saturated carbocycles. The van der Waals surface area contributed by atoms with E-state index in [1.807, 2.05) is 78.9 Å². The molecule has 1 atom stereocenters. The first-order valence-corrected chi connectivity index (χ1v) is 13.0. The number of esters is 1. The Morgan fingerprint density at radius 2 is 1.23 bits per heavy atom. The van der Waals surface area contributed by atoms with Crippen molar-refractivity contribution in [1.82, 2.24) is 0 Å². The number of nitrogens with two attached hydrogens (primary N) is 1. The van der Waals surface area contributed by atoms with Crippen molar-refractivity contribution in [1.29, 1.82) is 0 Å². The fraction of sp³-hybridized carbons (Fsp3) is 0.114. The summed E-state index contributed by atoms with van der Waals surface area (Å²) in [6, 6.07) is 40.4. The Morgan fingerprint density at radius 3 is 1.85 bits per heavy atom. The molecule has 0 aliphatic rings. The Hall–Kier alpha value is -4.83. The van der Waals surface area contributed by atoms with Crippen LogP contribution in [0.2, 0.25) is 0 Å². The number of anilines is 1. The Morgan fingerprint density at radius 1 is 0.692 bits per heavy atom. The van der Waals surface area contributed by atoms with Crippen molar-refractivity contribution in [3.05, 3.63) is 132 Å². The molecule has 0 amide bonds. The van der Waals surface area contributed by atoms with E-state index < -0.39 is 12.1 Å². The summed E-state index contributed by atoms with van der Waals surface area (Å²) < 4.78 is 11.2. The van der Waals surface area contributed by atoms with Crippen LogP contribution in [-0.4, -0.2) is 12.1 Å². The smallest absolute Gasteiger partial charge is 0.347 e. The van der Waals surface area contributed by atoms with E-state index in [9.17, 15) is 4.79 Å². The van der Waals surface area contributed by atoms with Gasteiger partial charge in [0.2, 0.25) is 0 Å². The van der Waals surface area contributed by atoms with E-state index in [2.05, 4.69) is 49.4 Å². The maximum absolute atomic E-state index is 12.4. The average Bonchev–Trinajstić information content (AvgIpc) is 2.97. The molecule has 5 aromatic carbocycles. The first kappa shape index (κ1) is 25.8. The van der Waals surface area contributed by atoms with Gasteiger partial charge >= 0.3 is 5.97 Å². The summed E-state index contributed by atoms with van der Waals surface area (Å²) in [6.45, 7) is 4.05. The maximum Gasteiger partial charge on any atom is 0.347 e. The van der Waals surface area contributed by atoms with Crippen LogP contribution in [0.5, 0.6) is 5.75 Å². The molecule has 0 heterocycles. The summed E-state index contributed by atoms with van der Waals surface area (Å²) in [6.07, 6.45) is -0.702. The van der Waals surface area contributed by atoms with Crippen molar-refractivity contribution >= 4 is 11.7 Å². The van der Waals surface area contributed by atoms with Crippen molar-refractivity contribution in [2.24, 2.45) is 0 Å². The predicted molar refractivity (Wildman–Crippen MR) is 158 cm³/mol. The van der Waals surface area contributed by atoms with Gasteiger partial charge in [-0.3, -0.25) is 0 Å². The van der Waals surface area contributed by atoms with Gasteiger partial charge in [-0.1, -0.05) is 97.1 Å². The summed E-state index contributed by atoms with van der Waals surface area (Å²) in [5.41, 5.74) is 15.6. The zero-order valence-electron chi connectivity index (χ0n) is 22.1. The van der Waals surface area contributed by atoms with Gasteiger partial charge in [0.1, 0.15) is 12.4 Å². The molecule has 2 N–H and O–H groups in total. The fourth-order valence-electron chi connectivity index (χ4n) is 4.51. The van der Waals surface area contributed by atoms with Crippen LogP contribution in [0, 0.1) is 6.92 Å². The lowest BCUT2D eigenvalue weighted by Gasteiger charge is -2.15. The van der Waals surface area contributed by atoms with Crippen molar-refractivity contribution in [3.63, 3.8) is 0 Å². The molecular weight excluding hydrogens is 482 g/mol. The van der Waals surface area contributed by atoms with Crippen molar-refractivity contribution in [3.8, 4) is 39.1 Å². The maximum atomic E-state index is 12.4. The number of carbonyl (C=O) groups excluding carboxylic acids is 1. The van der Waals surface area contributed by atoms with E-state index >= 15 is 0 Å². The topological polar surface area (TPSA) is 61.5 Å². The van der Waals surface area contributed by atoms with E-state index in [1.54, 1.807) is 6.92 Å². The molecule has 5 rings (SSSR count). The van der Waals surface area contributed by atoms with Crippen LogP contribution in [-0.2, 0) is 16.1 Å². The molecule has 39 heavy (non-hydrogen) atoms. The molecule has 0 aromatic heterocycles. The van der Waals surface area contributed by atoms with Crippen LogP contribution >= 0.6 is 0 Å². The molecule has 0 aliphatic carbocycles. The highest BCUT2D eigenvalue weighted by Crippen LogP contribution is 2.31. The van der Waals surface area contributed by atoms with Crippen LogP contribution in [0.15, 0.2) is 121 Å². The molecule has 0 bridgehead atoms. The Balaban J connectivity index is 1.22. The number of hydrogen-bond acceptors (Lipinski definition) is 4. The molecule has 0 fully saturated rings. The third-order valence-electron chi connectivity index (χ3n) is 6.72. The third-order valence-corrected chi connectivity index (χ3v) is 6.72. The van der Waals surface area contributed by atoms with Crippen molar-refractivity contribution in [2.45, 2.75) is 26.6 Å². The number of benzene rings is 5. The second-order valence-electron chi connectivity index (χ2n) is 9.61. The highest BCUT2D eigenvalue weighted by atomic mass is 16.6. The summed E-state index contributed by atoms with van der Waals surface area (Å²) >= 11 is 0. The van der Waals surface area contributed by atoms with Crippen molar-refractivity contribution in [2.75, 3.05) is 5.73 Å². The second kappa shape index (κ2) is 11.7. The summed E-state index contributed by atoms with van der Waals surface area (Å²) in [4.78, 5) is 12.4. The average molecular weight is 514 g/mol. The minimum Gasteiger partial charge on any atom is -0.479 e. The minimum absolute atomic E-state index is 0.230. The van der Waals surface area contributed by atoms with Crippen LogP contribution in [0.1, 0.15) is 18.1 Å². The fourth-order valence-corrected chi connectivity index (χ4v) is 4.51. The van der Waals surface area contributed by atoms with Crippen LogP contribution in [0.25, 0.3) is 33.4 Å². The van der Waals surface area contributed by atoms with Gasteiger partial charge in [-0.2, -0.15) is 0 Å². The van der Waals surface area contributed by atoms with Gasteiger partial charge < -0.3 is 15.2 Å². The van der Waals surface area contributed by atoms with Crippen LogP contribution in [0.3, 0.4) is 0 Å². The number of ether oxygens (including phenoxy) is 2. The molecule has 194 valence electrons. The highest BCUT2D eigenvalue weighted by molar-refractivity contribution is 5.76. The normalized spacial score (nSPS) is 11.5. The van der Waals surface area contributed by atoms with Gasteiger partial charge in [0.25, 0.3) is 0 Å². The standard InChI is InChI=1S/C35H31NO3/c1-24-22-31(29-10-8-27(9-11-29)28-12-17-32(36)18-13-28)16-21-34(24)30-14-19-33(20-15-30)39-25(2)35(37)38-23-26-6-4-3-5-7-26/h3-22,25H,23,36H2,1-2H3. The third kappa shape index (κ3) is 6.36. The van der Waals surface area contributed by atoms with Gasteiger partial charge in [-0.05, 0) is 82.6 Å². The summed E-state index contributed by atoms with van der Waals surface area (Å²) in [7, 11) is 0. The molecule has 1 unspecified atom stereocenters. The van der Waals surface area contributed by atoms with Gasteiger partial charge in [-0.25, -0.2) is 4.79 Å². The van der Waals surface area contributed by atoms with E-state index in [-0.39, 0.29) is 6.61 Å². The Kier molecular flexibility index (Phi) is 7.74. The van der Waals surface area contributed by atoms with Gasteiger partial charge in [-0.15, -0.1) is 0 Å². The van der Waals surface area contributed by atoms with Gasteiger partial charge in [0, 0.05) is 5.69 Å². The van der Waals surface area contributed by atoms with E-state index in [4.69, 9.17) is 15.2 Å². The highest BCUT2D eigenvalue weighted by Gasteiger charge is 2.16. The molecule has 0 radical (unpaired) electrons. The number of carbonyl (C=O) groups is 1. The number of aryl methyl sites for hydroxylation is 1. The molecule has 4 nitrogen and oxygen atoms in total. The van der Waals surface area contributed by atoms with Crippen LogP contribution < -0.4 is 10.5 Å². The van der Waals surface area contributed by atoms with Crippen LogP contribution in [0.4, 0.5) is 5.69 Å². The number of rotatable bonds is 8. The molecule has 5 aromatic rings. The Labute approximate surface area is 229 Å². The molecule has 0 saturated heterocycles. The Bertz CT molecular complexity index is 1540. The SMILES string of the molecule is Cc1cc(-c2ccc(-c3ccc(N)cc3)cc2)ccc1-c1ccc(OC(C)C(=O)OCc2ccccc2)cc1. The lowest BCUT2D eigenvalue weighted by molar-refractivity contribution is -0.152. The summed E-state index contributed by atoms with van der Waals surface area (Å²) in [5, 5.41) is 0. The lowest BCUT2D eigenvalue weighted by atomic mass is 9.95. The molecule has 4 heteroatoms. The first-order chi connectivity index (χ1) is 19.0. The van der Waals surface area contributed by atoms with E-state index in [0.29, 0.717) is 5.75 Å². The monoisotopic (exact) mass is 513 g/mol. The number of hydrogen-bond donors (Lipinski definition) is 1. The largest absolute Gasteiger partial charge is 0.479 e.